The van der Waals surface area contributed by atoms with Crippen LogP contribution < -0.4 is 0 Å². The van der Waals surface area contributed by atoms with E-state index < -0.39 is 0 Å². The fourth-order valence-corrected chi connectivity index (χ4v) is 3.24. The van der Waals surface area contributed by atoms with Crippen molar-refractivity contribution in [3.63, 3.8) is 0 Å². The molecule has 1 N–H and O–H groups in total. The highest BCUT2D eigenvalue weighted by Crippen LogP contribution is 2.34. The van der Waals surface area contributed by atoms with Gasteiger partial charge in [-0.15, -0.1) is 0 Å². The number of pyridine rings is 1. The molecular formula is C14H19N3OS. The van der Waals surface area contributed by atoms with E-state index in [4.69, 9.17) is 17.0 Å². The van der Waals surface area contributed by atoms with Crippen molar-refractivity contribution in [2.45, 2.75) is 45.3 Å². The molecule has 0 saturated carbocycles. The molecule has 0 aliphatic carbocycles. The molecule has 0 bridgehead atoms. The van der Waals surface area contributed by atoms with Gasteiger partial charge in [0.2, 0.25) is 0 Å². The molecule has 19 heavy (non-hydrogen) atoms. The second-order valence-corrected chi connectivity index (χ2v) is 6.27. The molecule has 1 unspecified atom stereocenters. The molecule has 2 aromatic heterocycles. The van der Waals surface area contributed by atoms with Crippen LogP contribution in [0.25, 0.3) is 11.2 Å². The van der Waals surface area contributed by atoms with Crippen LogP contribution in [0.4, 0.5) is 0 Å². The van der Waals surface area contributed by atoms with Crippen LogP contribution >= 0.6 is 12.2 Å². The Morgan fingerprint density at radius 2 is 2.32 bits per heavy atom. The number of imidazole rings is 1. The van der Waals surface area contributed by atoms with E-state index in [-0.39, 0.29) is 5.60 Å². The van der Waals surface area contributed by atoms with Crippen molar-refractivity contribution >= 4 is 23.4 Å². The van der Waals surface area contributed by atoms with Gasteiger partial charge in [-0.1, -0.05) is 0 Å². The van der Waals surface area contributed by atoms with Gasteiger partial charge < -0.3 is 9.72 Å². The van der Waals surface area contributed by atoms with Gasteiger partial charge in [0.15, 0.2) is 10.4 Å². The Balaban J connectivity index is 2.12. The summed E-state index contributed by atoms with van der Waals surface area (Å²) in [6, 6.07) is 2.37. The van der Waals surface area contributed by atoms with E-state index in [9.17, 15) is 0 Å². The number of hydrogen-bond donors (Lipinski definition) is 1. The molecule has 3 heterocycles. The number of H-pyrrole nitrogens is 1. The van der Waals surface area contributed by atoms with Crippen molar-refractivity contribution < 1.29 is 4.74 Å². The minimum Gasteiger partial charge on any atom is -0.375 e. The number of nitrogens with one attached hydrogen (secondary N) is 1. The molecule has 5 heteroatoms. The first kappa shape index (κ1) is 12.8. The number of fused-ring (bicyclic) bond motifs is 1. The molecule has 1 saturated heterocycles. The zero-order valence-electron chi connectivity index (χ0n) is 11.6. The summed E-state index contributed by atoms with van der Waals surface area (Å²) in [5.74, 6) is 0. The van der Waals surface area contributed by atoms with Gasteiger partial charge in [-0.2, -0.15) is 0 Å². The van der Waals surface area contributed by atoms with Crippen molar-refractivity contribution in [3.05, 3.63) is 22.6 Å². The summed E-state index contributed by atoms with van der Waals surface area (Å²) in [6.07, 6.45) is 3.80. The Morgan fingerprint density at radius 1 is 1.53 bits per heavy atom. The molecule has 1 atom stereocenters. The van der Waals surface area contributed by atoms with Crippen LogP contribution in [0, 0.1) is 11.7 Å². The van der Waals surface area contributed by atoms with Crippen molar-refractivity contribution in [2.24, 2.45) is 0 Å². The number of aromatic amines is 1. The van der Waals surface area contributed by atoms with Crippen molar-refractivity contribution in [2.75, 3.05) is 6.61 Å². The van der Waals surface area contributed by atoms with Crippen LogP contribution in [0.3, 0.4) is 0 Å². The third-order valence-corrected chi connectivity index (χ3v) is 4.15. The number of nitrogens with zero attached hydrogens (tertiary/aromatic N) is 2. The van der Waals surface area contributed by atoms with Gasteiger partial charge in [-0.25, -0.2) is 4.98 Å². The molecule has 3 rings (SSSR count). The minimum atomic E-state index is -0.0922. The Kier molecular flexibility index (Phi) is 2.98. The summed E-state index contributed by atoms with van der Waals surface area (Å²) in [5, 5.41) is 0. The summed E-state index contributed by atoms with van der Waals surface area (Å²) >= 11 is 5.49. The van der Waals surface area contributed by atoms with Crippen LogP contribution in [0.1, 0.15) is 38.3 Å². The Hall–Kier alpha value is -1.20. The van der Waals surface area contributed by atoms with Crippen LogP contribution in [0.5, 0.6) is 0 Å². The predicted molar refractivity (Wildman–Crippen MR) is 78.0 cm³/mol. The zero-order valence-corrected chi connectivity index (χ0v) is 12.4. The van der Waals surface area contributed by atoms with Gasteiger partial charge in [0.1, 0.15) is 0 Å². The highest BCUT2D eigenvalue weighted by molar-refractivity contribution is 7.71. The maximum Gasteiger partial charge on any atom is 0.179 e. The van der Waals surface area contributed by atoms with E-state index in [1.165, 1.54) is 5.56 Å². The van der Waals surface area contributed by atoms with Crippen molar-refractivity contribution in [1.82, 2.24) is 14.5 Å². The van der Waals surface area contributed by atoms with Crippen LogP contribution in [0.2, 0.25) is 0 Å². The van der Waals surface area contributed by atoms with E-state index >= 15 is 0 Å². The molecular weight excluding hydrogens is 258 g/mol. The molecule has 2 aromatic rings. The molecule has 102 valence electrons. The highest BCUT2D eigenvalue weighted by atomic mass is 32.1. The molecule has 0 aromatic carbocycles. The molecule has 1 aliphatic rings. The zero-order chi connectivity index (χ0) is 13.6. The molecule has 1 aliphatic heterocycles. The highest BCUT2D eigenvalue weighted by Gasteiger charge is 2.31. The summed E-state index contributed by atoms with van der Waals surface area (Å²) in [4.78, 5) is 7.80. The van der Waals surface area contributed by atoms with Gasteiger partial charge in [-0.05, 0) is 57.5 Å². The summed E-state index contributed by atoms with van der Waals surface area (Å²) < 4.78 is 8.72. The molecule has 0 spiro atoms. The molecule has 1 fully saturated rings. The number of aryl methyl sites for hydroxylation is 1. The first-order valence-corrected chi connectivity index (χ1v) is 7.08. The SMILES string of the molecule is Cc1ccnc2c1[nH]c(=S)n2C1CCOC(C)(C)C1. The minimum absolute atomic E-state index is 0.0922. The lowest BCUT2D eigenvalue weighted by Gasteiger charge is -2.36. The second kappa shape index (κ2) is 4.42. The third-order valence-electron chi connectivity index (χ3n) is 3.85. The van der Waals surface area contributed by atoms with E-state index in [0.717, 1.165) is 35.4 Å². The van der Waals surface area contributed by atoms with Crippen molar-refractivity contribution in [3.8, 4) is 0 Å². The second-order valence-electron chi connectivity index (χ2n) is 5.88. The number of ether oxygens (including phenoxy) is 1. The maximum atomic E-state index is 5.79. The van der Waals surface area contributed by atoms with Gasteiger partial charge in [0, 0.05) is 18.8 Å². The fourth-order valence-electron chi connectivity index (χ4n) is 2.90. The largest absolute Gasteiger partial charge is 0.375 e. The first-order chi connectivity index (χ1) is 8.98. The third kappa shape index (κ3) is 2.21. The van der Waals surface area contributed by atoms with Gasteiger partial charge >= 0.3 is 0 Å². The normalized spacial score (nSPS) is 22.8. The Labute approximate surface area is 117 Å². The van der Waals surface area contributed by atoms with Gasteiger partial charge in [-0.3, -0.25) is 4.57 Å². The Morgan fingerprint density at radius 3 is 3.05 bits per heavy atom. The van der Waals surface area contributed by atoms with Crippen molar-refractivity contribution in [1.29, 1.82) is 0 Å². The quantitative estimate of drug-likeness (QED) is 0.811. The molecule has 0 amide bonds. The number of hydrogen-bond acceptors (Lipinski definition) is 3. The molecule has 0 radical (unpaired) electrons. The van der Waals surface area contributed by atoms with Crippen LogP contribution in [-0.4, -0.2) is 26.7 Å². The number of aromatic nitrogens is 3. The monoisotopic (exact) mass is 277 g/mol. The topological polar surface area (TPSA) is 42.8 Å². The average molecular weight is 277 g/mol. The summed E-state index contributed by atoms with van der Waals surface area (Å²) in [7, 11) is 0. The fraction of sp³-hybridized carbons (Fsp3) is 0.571. The van der Waals surface area contributed by atoms with Crippen LogP contribution in [0.15, 0.2) is 12.3 Å². The summed E-state index contributed by atoms with van der Waals surface area (Å²) in [5.41, 5.74) is 3.11. The van der Waals surface area contributed by atoms with Crippen LogP contribution in [-0.2, 0) is 4.74 Å². The molecule has 4 nitrogen and oxygen atoms in total. The van der Waals surface area contributed by atoms with E-state index in [1.807, 2.05) is 12.3 Å². The first-order valence-electron chi connectivity index (χ1n) is 6.68. The lowest BCUT2D eigenvalue weighted by atomic mass is 9.94. The lowest BCUT2D eigenvalue weighted by molar-refractivity contribution is -0.0687. The smallest absolute Gasteiger partial charge is 0.179 e. The van der Waals surface area contributed by atoms with Gasteiger partial charge in [0.05, 0.1) is 11.1 Å². The number of rotatable bonds is 1. The standard InChI is InChI=1S/C14H19N3OS/c1-9-4-6-15-12-11(9)16-13(19)17(12)10-5-7-18-14(2,3)8-10/h4,6,10H,5,7-8H2,1-3H3,(H,16,19). The van der Waals surface area contributed by atoms with E-state index in [2.05, 4.69) is 35.3 Å². The van der Waals surface area contributed by atoms with E-state index in [0.29, 0.717) is 6.04 Å². The van der Waals surface area contributed by atoms with E-state index in [1.54, 1.807) is 0 Å². The Bertz CT molecular complexity index is 671. The average Bonchev–Trinajstić information content (AvgIpc) is 2.66. The lowest BCUT2D eigenvalue weighted by Crippen LogP contribution is -2.35. The maximum absolute atomic E-state index is 5.79. The van der Waals surface area contributed by atoms with Gasteiger partial charge in [0.25, 0.3) is 0 Å². The summed E-state index contributed by atoms with van der Waals surface area (Å²) in [6.45, 7) is 7.12. The predicted octanol–water partition coefficient (Wildman–Crippen LogP) is 3.53.